The highest BCUT2D eigenvalue weighted by Gasteiger charge is 2.23. The Morgan fingerprint density at radius 1 is 1.60 bits per heavy atom. The maximum atomic E-state index is 11.8. The molecular formula is C10H7NO3S. The number of allylic oxidation sites excluding steroid dienone is 1. The zero-order valence-corrected chi connectivity index (χ0v) is 8.54. The number of ether oxygens (including phenoxy) is 1. The van der Waals surface area contributed by atoms with E-state index in [2.05, 4.69) is 0 Å². The molecule has 1 aliphatic rings. The van der Waals surface area contributed by atoms with Crippen molar-refractivity contribution < 1.29 is 13.9 Å². The molecule has 5 heteroatoms. The van der Waals surface area contributed by atoms with E-state index in [4.69, 9.17) is 14.4 Å². The van der Waals surface area contributed by atoms with Crippen molar-refractivity contribution in [2.24, 2.45) is 0 Å². The predicted molar refractivity (Wildman–Crippen MR) is 54.1 cm³/mol. The molecule has 0 N–H and O–H groups in total. The standard InChI is InChI=1S/C10H7NO3S/c11-6-7(10-14-4-5-15-10)9(12)8-2-1-3-13-8/h1-3H,4-5H2/b10-7-. The lowest BCUT2D eigenvalue weighted by Crippen LogP contribution is -2.03. The molecule has 2 heterocycles. The van der Waals surface area contributed by atoms with Gasteiger partial charge in [-0.15, -0.1) is 0 Å². The van der Waals surface area contributed by atoms with E-state index in [9.17, 15) is 4.79 Å². The number of thioether (sulfide) groups is 1. The first kappa shape index (κ1) is 9.87. The SMILES string of the molecule is N#C/C(C(=O)c1ccco1)=C1\OCCS1. The maximum Gasteiger partial charge on any atom is 0.243 e. The number of hydrogen-bond acceptors (Lipinski definition) is 5. The van der Waals surface area contributed by atoms with Gasteiger partial charge in [-0.05, 0) is 12.1 Å². The highest BCUT2D eigenvalue weighted by atomic mass is 32.2. The van der Waals surface area contributed by atoms with Crippen LogP contribution in [-0.4, -0.2) is 18.1 Å². The van der Waals surface area contributed by atoms with Crippen LogP contribution >= 0.6 is 11.8 Å². The quantitative estimate of drug-likeness (QED) is 0.434. The molecule has 2 rings (SSSR count). The van der Waals surface area contributed by atoms with Crippen molar-refractivity contribution in [2.45, 2.75) is 0 Å². The van der Waals surface area contributed by atoms with Gasteiger partial charge >= 0.3 is 0 Å². The molecule has 0 aromatic carbocycles. The summed E-state index contributed by atoms with van der Waals surface area (Å²) in [6.07, 6.45) is 1.40. The van der Waals surface area contributed by atoms with Crippen LogP contribution in [0.2, 0.25) is 0 Å². The molecule has 1 saturated heterocycles. The second-order valence-corrected chi connectivity index (χ2v) is 3.85. The average Bonchev–Trinajstić information content (AvgIpc) is 2.91. The van der Waals surface area contributed by atoms with Gasteiger partial charge in [-0.25, -0.2) is 0 Å². The van der Waals surface area contributed by atoms with E-state index in [1.54, 1.807) is 6.07 Å². The van der Waals surface area contributed by atoms with Crippen molar-refractivity contribution in [3.05, 3.63) is 34.8 Å². The Balaban J connectivity index is 2.33. The minimum Gasteiger partial charge on any atom is -0.485 e. The Labute approximate surface area is 90.5 Å². The molecule has 15 heavy (non-hydrogen) atoms. The lowest BCUT2D eigenvalue weighted by Gasteiger charge is -1.99. The molecule has 0 radical (unpaired) electrons. The number of ketones is 1. The number of carbonyl (C=O) groups excluding carboxylic acids is 1. The summed E-state index contributed by atoms with van der Waals surface area (Å²) < 4.78 is 10.1. The fourth-order valence-electron chi connectivity index (χ4n) is 1.17. The molecule has 1 aromatic heterocycles. The summed E-state index contributed by atoms with van der Waals surface area (Å²) in [5, 5.41) is 9.29. The van der Waals surface area contributed by atoms with Crippen LogP contribution in [-0.2, 0) is 4.74 Å². The summed E-state index contributed by atoms with van der Waals surface area (Å²) in [7, 11) is 0. The molecule has 0 amide bonds. The van der Waals surface area contributed by atoms with Crippen LogP contribution in [0.15, 0.2) is 33.5 Å². The van der Waals surface area contributed by atoms with Crippen LogP contribution < -0.4 is 0 Å². The summed E-state index contributed by atoms with van der Waals surface area (Å²) in [6, 6.07) is 4.99. The molecule has 1 aliphatic heterocycles. The molecule has 0 aliphatic carbocycles. The van der Waals surface area contributed by atoms with Crippen molar-refractivity contribution >= 4 is 17.5 Å². The first-order valence-electron chi connectivity index (χ1n) is 4.31. The van der Waals surface area contributed by atoms with Crippen LogP contribution in [0.4, 0.5) is 0 Å². The molecule has 0 atom stereocenters. The normalized spacial score (nSPS) is 18.1. The van der Waals surface area contributed by atoms with Gasteiger partial charge in [0, 0.05) is 5.75 Å². The number of nitrogens with zero attached hydrogens (tertiary/aromatic N) is 1. The third-order valence-electron chi connectivity index (χ3n) is 1.84. The molecule has 0 bridgehead atoms. The summed E-state index contributed by atoms with van der Waals surface area (Å²) in [6.45, 7) is 0.538. The number of furan rings is 1. The van der Waals surface area contributed by atoms with Crippen LogP contribution in [0.3, 0.4) is 0 Å². The van der Waals surface area contributed by atoms with Gasteiger partial charge in [0.1, 0.15) is 6.07 Å². The van der Waals surface area contributed by atoms with Gasteiger partial charge in [0.2, 0.25) is 5.78 Å². The topological polar surface area (TPSA) is 63.2 Å². The Bertz CT molecular complexity index is 434. The first-order chi connectivity index (χ1) is 7.33. The van der Waals surface area contributed by atoms with E-state index >= 15 is 0 Å². The zero-order valence-electron chi connectivity index (χ0n) is 7.73. The van der Waals surface area contributed by atoms with Crippen LogP contribution in [0.25, 0.3) is 0 Å². The van der Waals surface area contributed by atoms with Crippen LogP contribution in [0.5, 0.6) is 0 Å². The molecule has 1 aromatic rings. The molecule has 0 saturated carbocycles. The van der Waals surface area contributed by atoms with Gasteiger partial charge in [0.25, 0.3) is 0 Å². The van der Waals surface area contributed by atoms with Crippen molar-refractivity contribution in [2.75, 3.05) is 12.4 Å². The van der Waals surface area contributed by atoms with Crippen LogP contribution in [0, 0.1) is 11.3 Å². The summed E-state index contributed by atoms with van der Waals surface area (Å²) in [5.74, 6) is 0.508. The second kappa shape index (κ2) is 4.24. The van der Waals surface area contributed by atoms with Gasteiger partial charge < -0.3 is 9.15 Å². The van der Waals surface area contributed by atoms with E-state index in [0.717, 1.165) is 5.75 Å². The molecule has 4 nitrogen and oxygen atoms in total. The Kier molecular flexibility index (Phi) is 2.79. The smallest absolute Gasteiger partial charge is 0.243 e. The number of rotatable bonds is 2. The first-order valence-corrected chi connectivity index (χ1v) is 5.29. The lowest BCUT2D eigenvalue weighted by molar-refractivity contribution is 0.100. The third-order valence-corrected chi connectivity index (χ3v) is 2.79. The lowest BCUT2D eigenvalue weighted by atomic mass is 10.1. The molecule has 76 valence electrons. The fraction of sp³-hybridized carbons (Fsp3) is 0.200. The Morgan fingerprint density at radius 2 is 2.47 bits per heavy atom. The van der Waals surface area contributed by atoms with E-state index in [1.165, 1.54) is 24.1 Å². The zero-order chi connectivity index (χ0) is 10.7. The van der Waals surface area contributed by atoms with Gasteiger partial charge in [-0.3, -0.25) is 4.79 Å². The van der Waals surface area contributed by atoms with Crippen molar-refractivity contribution in [3.63, 3.8) is 0 Å². The van der Waals surface area contributed by atoms with Gasteiger partial charge in [0.05, 0.1) is 12.9 Å². The largest absolute Gasteiger partial charge is 0.485 e. The van der Waals surface area contributed by atoms with Crippen molar-refractivity contribution in [1.29, 1.82) is 5.26 Å². The van der Waals surface area contributed by atoms with Crippen LogP contribution in [0.1, 0.15) is 10.6 Å². The number of carbonyl (C=O) groups is 1. The summed E-state index contributed by atoms with van der Waals surface area (Å²) >= 11 is 1.37. The van der Waals surface area contributed by atoms with Gasteiger partial charge in [0.15, 0.2) is 16.4 Å². The summed E-state index contributed by atoms with van der Waals surface area (Å²) in [4.78, 5) is 11.8. The van der Waals surface area contributed by atoms with Crippen molar-refractivity contribution in [1.82, 2.24) is 0 Å². The predicted octanol–water partition coefficient (Wildman–Crippen LogP) is 1.96. The molecule has 0 spiro atoms. The van der Waals surface area contributed by atoms with Crippen molar-refractivity contribution in [3.8, 4) is 6.07 Å². The fourth-order valence-corrected chi connectivity index (χ4v) is 1.98. The minimum atomic E-state index is -0.424. The van der Waals surface area contributed by atoms with E-state index < -0.39 is 5.78 Å². The third kappa shape index (κ3) is 1.90. The molecular weight excluding hydrogens is 214 g/mol. The van der Waals surface area contributed by atoms with E-state index in [-0.39, 0.29) is 11.3 Å². The molecule has 0 unspecified atom stereocenters. The highest BCUT2D eigenvalue weighted by Crippen LogP contribution is 2.28. The number of hydrogen-bond donors (Lipinski definition) is 0. The number of Topliss-reactive ketones (excluding diaryl/α,β-unsaturated/α-hetero) is 1. The van der Waals surface area contributed by atoms with E-state index in [1.807, 2.05) is 6.07 Å². The maximum absolute atomic E-state index is 11.8. The minimum absolute atomic E-state index is 0.0208. The van der Waals surface area contributed by atoms with Gasteiger partial charge in [-0.2, -0.15) is 5.26 Å². The van der Waals surface area contributed by atoms with E-state index in [0.29, 0.717) is 11.7 Å². The molecule has 1 fully saturated rings. The monoisotopic (exact) mass is 221 g/mol. The Morgan fingerprint density at radius 3 is 3.00 bits per heavy atom. The number of nitriles is 1. The highest BCUT2D eigenvalue weighted by molar-refractivity contribution is 8.03. The second-order valence-electron chi connectivity index (χ2n) is 2.78. The Hall–Kier alpha value is -1.67. The average molecular weight is 221 g/mol. The van der Waals surface area contributed by atoms with Gasteiger partial charge in [-0.1, -0.05) is 11.8 Å². The summed E-state index contributed by atoms with van der Waals surface area (Å²) in [5.41, 5.74) is 0.0208.